The monoisotopic (exact) mass is 123 g/mol. The Balaban J connectivity index is 2.74. The highest BCUT2D eigenvalue weighted by molar-refractivity contribution is 5.28. The van der Waals surface area contributed by atoms with Crippen molar-refractivity contribution < 1.29 is 0 Å². The van der Waals surface area contributed by atoms with Gasteiger partial charge in [-0.15, -0.1) is 0 Å². The number of rotatable bonds is 0. The molecule has 1 aliphatic carbocycles. The molecule has 0 aromatic heterocycles. The first kappa shape index (κ1) is 6.85. The topological polar surface area (TPSA) is 0 Å². The molecule has 1 radical (unpaired) electrons. The van der Waals surface area contributed by atoms with Crippen molar-refractivity contribution >= 4 is 0 Å². The second-order valence-electron chi connectivity index (χ2n) is 3.21. The van der Waals surface area contributed by atoms with Crippen LogP contribution >= 0.6 is 0 Å². The SMILES string of the molecule is C[C]1CC(C)=C(C)C1C. The fraction of sp³-hybridized carbons (Fsp3) is 0.667. The molecular weight excluding hydrogens is 108 g/mol. The van der Waals surface area contributed by atoms with Crippen LogP contribution in [0.2, 0.25) is 0 Å². The second-order valence-corrected chi connectivity index (χ2v) is 3.21. The molecule has 0 aromatic rings. The Morgan fingerprint density at radius 2 is 1.78 bits per heavy atom. The highest BCUT2D eigenvalue weighted by Crippen LogP contribution is 2.37. The molecule has 1 atom stereocenters. The average Bonchev–Trinajstić information content (AvgIpc) is 1.98. The summed E-state index contributed by atoms with van der Waals surface area (Å²) in [5, 5.41) is 0. The highest BCUT2D eigenvalue weighted by atomic mass is 14.3. The Kier molecular flexibility index (Phi) is 1.65. The third kappa shape index (κ3) is 1.03. The molecule has 51 valence electrons. The summed E-state index contributed by atoms with van der Waals surface area (Å²) >= 11 is 0. The van der Waals surface area contributed by atoms with E-state index < -0.39 is 0 Å². The third-order valence-electron chi connectivity index (χ3n) is 2.61. The van der Waals surface area contributed by atoms with Crippen LogP contribution in [-0.4, -0.2) is 0 Å². The quantitative estimate of drug-likeness (QED) is 0.434. The van der Waals surface area contributed by atoms with Crippen LogP contribution in [-0.2, 0) is 0 Å². The van der Waals surface area contributed by atoms with Crippen LogP contribution in [0, 0.1) is 11.8 Å². The normalized spacial score (nSPS) is 30.0. The van der Waals surface area contributed by atoms with E-state index in [0.717, 1.165) is 5.92 Å². The molecule has 1 unspecified atom stereocenters. The lowest BCUT2D eigenvalue weighted by molar-refractivity contribution is 0.715. The molecule has 0 aromatic carbocycles. The lowest BCUT2D eigenvalue weighted by atomic mass is 9.96. The van der Waals surface area contributed by atoms with Gasteiger partial charge in [-0.1, -0.05) is 25.0 Å². The summed E-state index contributed by atoms with van der Waals surface area (Å²) < 4.78 is 0. The van der Waals surface area contributed by atoms with Crippen LogP contribution in [0.15, 0.2) is 11.1 Å². The van der Waals surface area contributed by atoms with Crippen LogP contribution in [0.3, 0.4) is 0 Å². The Hall–Kier alpha value is -0.260. The van der Waals surface area contributed by atoms with E-state index in [9.17, 15) is 0 Å². The van der Waals surface area contributed by atoms with Gasteiger partial charge in [0, 0.05) is 0 Å². The van der Waals surface area contributed by atoms with Gasteiger partial charge in [-0.05, 0) is 32.1 Å². The molecule has 0 saturated heterocycles. The molecular formula is C9H15. The summed E-state index contributed by atoms with van der Waals surface area (Å²) in [6, 6.07) is 0. The first-order chi connectivity index (χ1) is 4.13. The molecule has 0 N–H and O–H groups in total. The van der Waals surface area contributed by atoms with Crippen molar-refractivity contribution in [1.82, 2.24) is 0 Å². The molecule has 1 aliphatic rings. The summed E-state index contributed by atoms with van der Waals surface area (Å²) in [6.45, 7) is 9.03. The zero-order chi connectivity index (χ0) is 7.02. The third-order valence-corrected chi connectivity index (χ3v) is 2.61. The molecule has 0 saturated carbocycles. The fourth-order valence-electron chi connectivity index (χ4n) is 1.45. The molecule has 0 nitrogen and oxygen atoms in total. The van der Waals surface area contributed by atoms with Gasteiger partial charge in [-0.3, -0.25) is 0 Å². The predicted molar refractivity (Wildman–Crippen MR) is 41.1 cm³/mol. The van der Waals surface area contributed by atoms with Gasteiger partial charge in [0.1, 0.15) is 0 Å². The van der Waals surface area contributed by atoms with E-state index in [4.69, 9.17) is 0 Å². The average molecular weight is 123 g/mol. The van der Waals surface area contributed by atoms with Crippen molar-refractivity contribution in [1.29, 1.82) is 0 Å². The minimum absolute atomic E-state index is 0.755. The molecule has 0 heteroatoms. The van der Waals surface area contributed by atoms with E-state index in [1.54, 1.807) is 17.1 Å². The van der Waals surface area contributed by atoms with Gasteiger partial charge in [0.15, 0.2) is 0 Å². The lowest BCUT2D eigenvalue weighted by Gasteiger charge is -2.08. The minimum Gasteiger partial charge on any atom is -0.0735 e. The molecule has 0 heterocycles. The highest BCUT2D eigenvalue weighted by Gasteiger charge is 2.22. The van der Waals surface area contributed by atoms with Crippen molar-refractivity contribution in [2.45, 2.75) is 34.1 Å². The Labute approximate surface area is 58.0 Å². The second kappa shape index (κ2) is 2.17. The van der Waals surface area contributed by atoms with Gasteiger partial charge in [0.05, 0.1) is 0 Å². The maximum atomic E-state index is 2.29. The Morgan fingerprint density at radius 1 is 1.22 bits per heavy atom. The van der Waals surface area contributed by atoms with Gasteiger partial charge in [0.2, 0.25) is 0 Å². The van der Waals surface area contributed by atoms with Crippen LogP contribution < -0.4 is 0 Å². The van der Waals surface area contributed by atoms with Crippen molar-refractivity contribution in [3.8, 4) is 0 Å². The number of hydrogen-bond acceptors (Lipinski definition) is 0. The van der Waals surface area contributed by atoms with Crippen molar-refractivity contribution in [3.63, 3.8) is 0 Å². The van der Waals surface area contributed by atoms with Crippen molar-refractivity contribution in [3.05, 3.63) is 17.1 Å². The molecule has 0 bridgehead atoms. The summed E-state index contributed by atoms with van der Waals surface area (Å²) in [5.74, 6) is 2.38. The molecule has 1 rings (SSSR count). The zero-order valence-electron chi connectivity index (χ0n) is 6.78. The van der Waals surface area contributed by atoms with Crippen LogP contribution in [0.4, 0.5) is 0 Å². The Bertz CT molecular complexity index is 142. The summed E-state index contributed by atoms with van der Waals surface area (Å²) in [5.41, 5.74) is 3.17. The molecule has 0 fully saturated rings. The fourth-order valence-corrected chi connectivity index (χ4v) is 1.45. The van der Waals surface area contributed by atoms with Gasteiger partial charge in [-0.2, -0.15) is 0 Å². The van der Waals surface area contributed by atoms with E-state index >= 15 is 0 Å². The van der Waals surface area contributed by atoms with Crippen LogP contribution in [0.1, 0.15) is 34.1 Å². The maximum Gasteiger partial charge on any atom is -0.0163 e. The van der Waals surface area contributed by atoms with Gasteiger partial charge >= 0.3 is 0 Å². The van der Waals surface area contributed by atoms with E-state index in [1.807, 2.05) is 0 Å². The van der Waals surface area contributed by atoms with E-state index in [-0.39, 0.29) is 0 Å². The molecule has 0 spiro atoms. The van der Waals surface area contributed by atoms with Gasteiger partial charge in [0.25, 0.3) is 0 Å². The van der Waals surface area contributed by atoms with Gasteiger partial charge in [-0.25, -0.2) is 0 Å². The van der Waals surface area contributed by atoms with E-state index in [1.165, 1.54) is 6.42 Å². The standard InChI is InChI=1S/C9H15/c1-6-5-7(2)9(4)8(6)3/h8H,5H2,1-4H3. The zero-order valence-corrected chi connectivity index (χ0v) is 6.78. The summed E-state index contributed by atoms with van der Waals surface area (Å²) in [4.78, 5) is 0. The Morgan fingerprint density at radius 3 is 1.89 bits per heavy atom. The summed E-state index contributed by atoms with van der Waals surface area (Å²) in [7, 11) is 0. The number of hydrogen-bond donors (Lipinski definition) is 0. The smallest absolute Gasteiger partial charge is 0.0163 e. The molecule has 9 heavy (non-hydrogen) atoms. The van der Waals surface area contributed by atoms with E-state index in [2.05, 4.69) is 27.7 Å². The van der Waals surface area contributed by atoms with Gasteiger partial charge < -0.3 is 0 Å². The maximum absolute atomic E-state index is 2.29. The van der Waals surface area contributed by atoms with E-state index in [0.29, 0.717) is 0 Å². The first-order valence-electron chi connectivity index (χ1n) is 3.61. The summed E-state index contributed by atoms with van der Waals surface area (Å²) in [6.07, 6.45) is 1.24. The first-order valence-corrected chi connectivity index (χ1v) is 3.61. The molecule has 0 amide bonds. The van der Waals surface area contributed by atoms with Crippen molar-refractivity contribution in [2.24, 2.45) is 5.92 Å². The predicted octanol–water partition coefficient (Wildman–Crippen LogP) is 2.96. The molecule has 0 aliphatic heterocycles. The van der Waals surface area contributed by atoms with Crippen LogP contribution in [0.5, 0.6) is 0 Å². The number of allylic oxidation sites excluding steroid dienone is 2. The largest absolute Gasteiger partial charge is 0.0735 e. The van der Waals surface area contributed by atoms with Crippen LogP contribution in [0.25, 0.3) is 0 Å². The lowest BCUT2D eigenvalue weighted by Crippen LogP contribution is -1.97. The minimum atomic E-state index is 0.755. The van der Waals surface area contributed by atoms with Crippen molar-refractivity contribution in [2.75, 3.05) is 0 Å².